The number of carbonyl (C=O) groups excluding carboxylic acids is 2. The predicted octanol–water partition coefficient (Wildman–Crippen LogP) is 1.55. The number of carbonyl (C=O) groups is 2. The number of ether oxygens (including phenoxy) is 1. The van der Waals surface area contributed by atoms with E-state index in [1.807, 2.05) is 0 Å². The third-order valence-corrected chi connectivity index (χ3v) is 3.08. The molecule has 1 rings (SSSR count). The highest BCUT2D eigenvalue weighted by Crippen LogP contribution is 2.30. The number of para-hydroxylation sites is 1. The lowest BCUT2D eigenvalue weighted by molar-refractivity contribution is -0.126. The van der Waals surface area contributed by atoms with Crippen molar-refractivity contribution in [2.24, 2.45) is 0 Å². The maximum absolute atomic E-state index is 11.8. The Balaban J connectivity index is 2.73. The fraction of sp³-hybridized carbons (Fsp3) is 0.385. The van der Waals surface area contributed by atoms with Gasteiger partial charge in [0.05, 0.1) is 11.1 Å². The smallest absolute Gasteiger partial charge is 0.321 e. The predicted molar refractivity (Wildman–Crippen MR) is 77.4 cm³/mol. The standard InChI is InChI=1S/C13H17BrN2O4/c1-3-15-13(19)16-12(18)8(2)20-11-9(7-17)5-4-6-10(11)14/h4-6,8,17H,3,7H2,1-2H3,(H2,15,16,18,19). The summed E-state index contributed by atoms with van der Waals surface area (Å²) in [4.78, 5) is 23.0. The summed E-state index contributed by atoms with van der Waals surface area (Å²) in [6.45, 7) is 3.49. The third kappa shape index (κ3) is 4.50. The number of rotatable bonds is 5. The van der Waals surface area contributed by atoms with Crippen LogP contribution in [0.2, 0.25) is 0 Å². The Morgan fingerprint density at radius 2 is 2.15 bits per heavy atom. The van der Waals surface area contributed by atoms with Gasteiger partial charge in [0.1, 0.15) is 5.75 Å². The molecule has 0 spiro atoms. The average Bonchev–Trinajstić information content (AvgIpc) is 2.41. The van der Waals surface area contributed by atoms with E-state index in [0.29, 0.717) is 22.3 Å². The molecule has 20 heavy (non-hydrogen) atoms. The van der Waals surface area contributed by atoms with Gasteiger partial charge in [-0.2, -0.15) is 0 Å². The lowest BCUT2D eigenvalue weighted by Gasteiger charge is -2.17. The van der Waals surface area contributed by atoms with Crippen LogP contribution in [0, 0.1) is 0 Å². The minimum atomic E-state index is -0.874. The van der Waals surface area contributed by atoms with Gasteiger partial charge in [-0.3, -0.25) is 10.1 Å². The van der Waals surface area contributed by atoms with Crippen LogP contribution in [0.25, 0.3) is 0 Å². The maximum atomic E-state index is 11.8. The van der Waals surface area contributed by atoms with Crippen molar-refractivity contribution in [3.63, 3.8) is 0 Å². The second kappa shape index (κ2) is 7.86. The first kappa shape index (κ1) is 16.5. The molecule has 1 aromatic rings. The molecule has 6 nitrogen and oxygen atoms in total. The normalized spacial score (nSPS) is 11.6. The summed E-state index contributed by atoms with van der Waals surface area (Å²) in [5, 5.41) is 13.9. The van der Waals surface area contributed by atoms with Crippen molar-refractivity contribution in [2.45, 2.75) is 26.6 Å². The first-order valence-electron chi connectivity index (χ1n) is 6.13. The molecule has 0 bridgehead atoms. The molecule has 0 radical (unpaired) electrons. The van der Waals surface area contributed by atoms with Crippen molar-refractivity contribution in [1.82, 2.24) is 10.6 Å². The molecule has 0 aromatic heterocycles. The highest BCUT2D eigenvalue weighted by atomic mass is 79.9. The van der Waals surface area contributed by atoms with Gasteiger partial charge in [-0.05, 0) is 35.8 Å². The number of benzene rings is 1. The van der Waals surface area contributed by atoms with Crippen molar-refractivity contribution in [2.75, 3.05) is 6.54 Å². The Labute approximate surface area is 125 Å². The summed E-state index contributed by atoms with van der Waals surface area (Å²) in [6.07, 6.45) is -0.874. The number of urea groups is 1. The van der Waals surface area contributed by atoms with E-state index in [-0.39, 0.29) is 6.61 Å². The van der Waals surface area contributed by atoms with Crippen LogP contribution in [-0.4, -0.2) is 29.7 Å². The van der Waals surface area contributed by atoms with E-state index < -0.39 is 18.0 Å². The zero-order valence-corrected chi connectivity index (χ0v) is 12.9. The molecule has 3 amide bonds. The van der Waals surface area contributed by atoms with Gasteiger partial charge in [-0.1, -0.05) is 12.1 Å². The van der Waals surface area contributed by atoms with E-state index in [1.54, 1.807) is 25.1 Å². The number of aliphatic hydroxyl groups is 1. The molecule has 1 aromatic carbocycles. The second-order valence-electron chi connectivity index (χ2n) is 3.99. The van der Waals surface area contributed by atoms with Crippen LogP contribution in [0.3, 0.4) is 0 Å². The monoisotopic (exact) mass is 344 g/mol. The van der Waals surface area contributed by atoms with Crippen LogP contribution >= 0.6 is 15.9 Å². The van der Waals surface area contributed by atoms with E-state index in [1.165, 1.54) is 6.92 Å². The van der Waals surface area contributed by atoms with E-state index in [0.717, 1.165) is 0 Å². The summed E-state index contributed by atoms with van der Waals surface area (Å²) in [6, 6.07) is 4.61. The topological polar surface area (TPSA) is 87.7 Å². The van der Waals surface area contributed by atoms with Crippen LogP contribution in [0.5, 0.6) is 5.75 Å². The number of amides is 3. The van der Waals surface area contributed by atoms with Gasteiger partial charge in [0.2, 0.25) is 0 Å². The summed E-state index contributed by atoms with van der Waals surface area (Å²) in [5.74, 6) is -0.177. The minimum Gasteiger partial charge on any atom is -0.479 e. The van der Waals surface area contributed by atoms with Crippen LogP contribution < -0.4 is 15.4 Å². The molecular formula is C13H17BrN2O4. The van der Waals surface area contributed by atoms with Crippen molar-refractivity contribution in [1.29, 1.82) is 0 Å². The van der Waals surface area contributed by atoms with Gasteiger partial charge in [-0.15, -0.1) is 0 Å². The van der Waals surface area contributed by atoms with Crippen LogP contribution in [0.4, 0.5) is 4.79 Å². The molecule has 7 heteroatoms. The highest BCUT2D eigenvalue weighted by molar-refractivity contribution is 9.10. The molecule has 3 N–H and O–H groups in total. The van der Waals surface area contributed by atoms with E-state index >= 15 is 0 Å². The van der Waals surface area contributed by atoms with Gasteiger partial charge in [0, 0.05) is 12.1 Å². The Hall–Kier alpha value is -1.60. The average molecular weight is 345 g/mol. The molecule has 0 aliphatic carbocycles. The van der Waals surface area contributed by atoms with Crippen molar-refractivity contribution < 1.29 is 19.4 Å². The Morgan fingerprint density at radius 1 is 1.45 bits per heavy atom. The van der Waals surface area contributed by atoms with Crippen LogP contribution in [0.15, 0.2) is 22.7 Å². The van der Waals surface area contributed by atoms with Gasteiger partial charge >= 0.3 is 6.03 Å². The number of hydrogen-bond donors (Lipinski definition) is 3. The number of nitrogens with one attached hydrogen (secondary N) is 2. The summed E-state index contributed by atoms with van der Waals surface area (Å²) in [5.41, 5.74) is 0.553. The molecule has 0 saturated heterocycles. The number of hydrogen-bond acceptors (Lipinski definition) is 4. The maximum Gasteiger partial charge on any atom is 0.321 e. The van der Waals surface area contributed by atoms with Gasteiger partial charge in [0.25, 0.3) is 5.91 Å². The molecule has 0 aliphatic rings. The minimum absolute atomic E-state index is 0.209. The van der Waals surface area contributed by atoms with Crippen LogP contribution in [0.1, 0.15) is 19.4 Å². The van der Waals surface area contributed by atoms with Gasteiger partial charge in [-0.25, -0.2) is 4.79 Å². The number of halogens is 1. The van der Waals surface area contributed by atoms with E-state index in [4.69, 9.17) is 4.74 Å². The zero-order valence-electron chi connectivity index (χ0n) is 11.3. The highest BCUT2D eigenvalue weighted by Gasteiger charge is 2.19. The lowest BCUT2D eigenvalue weighted by atomic mass is 10.2. The van der Waals surface area contributed by atoms with E-state index in [2.05, 4.69) is 26.6 Å². The zero-order chi connectivity index (χ0) is 15.1. The molecule has 0 fully saturated rings. The molecule has 1 unspecified atom stereocenters. The molecule has 110 valence electrons. The Morgan fingerprint density at radius 3 is 2.75 bits per heavy atom. The Bertz CT molecular complexity index is 493. The summed E-state index contributed by atoms with van der Waals surface area (Å²) < 4.78 is 6.14. The number of imide groups is 1. The van der Waals surface area contributed by atoms with Gasteiger partial charge in [0.15, 0.2) is 6.10 Å². The quantitative estimate of drug-likeness (QED) is 0.756. The summed E-state index contributed by atoms with van der Waals surface area (Å²) in [7, 11) is 0. The van der Waals surface area contributed by atoms with E-state index in [9.17, 15) is 14.7 Å². The second-order valence-corrected chi connectivity index (χ2v) is 4.85. The van der Waals surface area contributed by atoms with Crippen LogP contribution in [-0.2, 0) is 11.4 Å². The van der Waals surface area contributed by atoms with Crippen molar-refractivity contribution in [3.8, 4) is 5.75 Å². The first-order chi connectivity index (χ1) is 9.49. The lowest BCUT2D eigenvalue weighted by Crippen LogP contribution is -2.45. The fourth-order valence-electron chi connectivity index (χ4n) is 1.46. The fourth-order valence-corrected chi connectivity index (χ4v) is 1.96. The SMILES string of the molecule is CCNC(=O)NC(=O)C(C)Oc1c(Br)cccc1CO. The third-order valence-electron chi connectivity index (χ3n) is 2.46. The first-order valence-corrected chi connectivity index (χ1v) is 6.92. The summed E-state index contributed by atoms with van der Waals surface area (Å²) >= 11 is 3.29. The molecule has 0 heterocycles. The van der Waals surface area contributed by atoms with Gasteiger partial charge < -0.3 is 15.2 Å². The molecule has 1 atom stereocenters. The Kier molecular flexibility index (Phi) is 6.47. The molecule has 0 aliphatic heterocycles. The van der Waals surface area contributed by atoms with Crippen molar-refractivity contribution in [3.05, 3.63) is 28.2 Å². The molecular weight excluding hydrogens is 328 g/mol. The molecule has 0 saturated carbocycles. The van der Waals surface area contributed by atoms with Crippen molar-refractivity contribution >= 4 is 27.9 Å². The number of aliphatic hydroxyl groups excluding tert-OH is 1. The largest absolute Gasteiger partial charge is 0.479 e.